The highest BCUT2D eigenvalue weighted by molar-refractivity contribution is 6.30. The van der Waals surface area contributed by atoms with Gasteiger partial charge in [-0.3, -0.25) is 23.6 Å². The van der Waals surface area contributed by atoms with Gasteiger partial charge >= 0.3 is 5.69 Å². The number of likely N-dealkylation sites (tertiary alicyclic amines) is 1. The first-order valence-corrected chi connectivity index (χ1v) is 9.98. The highest BCUT2D eigenvalue weighted by Crippen LogP contribution is 2.31. The Morgan fingerprint density at radius 3 is 2.53 bits per heavy atom. The molecule has 30 heavy (non-hydrogen) atoms. The molecule has 3 heterocycles. The fourth-order valence-corrected chi connectivity index (χ4v) is 4.21. The molecular formula is C21H22ClN5O3. The van der Waals surface area contributed by atoms with E-state index in [2.05, 4.69) is 15.2 Å². The average molecular weight is 428 g/mol. The van der Waals surface area contributed by atoms with Gasteiger partial charge < -0.3 is 5.32 Å². The Balaban J connectivity index is 1.65. The molecule has 0 aliphatic carbocycles. The average Bonchev–Trinajstić information content (AvgIpc) is 3.10. The molecule has 1 saturated heterocycles. The first-order chi connectivity index (χ1) is 14.3. The van der Waals surface area contributed by atoms with Crippen LogP contribution >= 0.6 is 11.6 Å². The van der Waals surface area contributed by atoms with Gasteiger partial charge in [-0.2, -0.15) is 0 Å². The first-order valence-electron chi connectivity index (χ1n) is 9.60. The van der Waals surface area contributed by atoms with E-state index in [1.165, 1.54) is 23.9 Å². The van der Waals surface area contributed by atoms with Gasteiger partial charge in [-0.25, -0.2) is 9.78 Å². The molecule has 0 spiro atoms. The Hall–Kier alpha value is -2.97. The number of benzene rings is 1. The second-order valence-electron chi connectivity index (χ2n) is 7.65. The number of carbonyl (C=O) groups excluding carboxylic acids is 1. The van der Waals surface area contributed by atoms with Crippen LogP contribution in [-0.2, 0) is 14.1 Å². The van der Waals surface area contributed by atoms with Gasteiger partial charge in [-0.05, 0) is 37.2 Å². The summed E-state index contributed by atoms with van der Waals surface area (Å²) < 4.78 is 2.30. The normalized spacial score (nSPS) is 19.3. The van der Waals surface area contributed by atoms with Crippen molar-refractivity contribution in [3.05, 3.63) is 73.5 Å². The van der Waals surface area contributed by atoms with Crippen LogP contribution in [0.3, 0.4) is 0 Å². The number of nitrogens with one attached hydrogen (secondary N) is 1. The Bertz CT molecular complexity index is 1250. The lowest BCUT2D eigenvalue weighted by Crippen LogP contribution is -2.39. The molecule has 0 radical (unpaired) electrons. The number of rotatable bonds is 3. The van der Waals surface area contributed by atoms with Gasteiger partial charge in [0.05, 0.1) is 23.0 Å². The number of aryl methyl sites for hydroxylation is 1. The van der Waals surface area contributed by atoms with Crippen LogP contribution in [0, 0.1) is 0 Å². The molecule has 1 aromatic carbocycles. The largest absolute Gasteiger partial charge is 0.347 e. The van der Waals surface area contributed by atoms with E-state index in [-0.39, 0.29) is 34.6 Å². The summed E-state index contributed by atoms with van der Waals surface area (Å²) in [5, 5.41) is 3.97. The summed E-state index contributed by atoms with van der Waals surface area (Å²) in [5.74, 6) is -0.306. The SMILES string of the molecule is CN1CCC(NC(=O)c2cnc3c(c2)c(=O)n(C)c(=O)n3C)C1c1ccc(Cl)cc1. The second kappa shape index (κ2) is 7.70. The quantitative estimate of drug-likeness (QED) is 0.683. The molecule has 1 aliphatic heterocycles. The number of aromatic nitrogens is 3. The topological polar surface area (TPSA) is 89.2 Å². The molecule has 2 aromatic heterocycles. The maximum Gasteiger partial charge on any atom is 0.332 e. The molecule has 0 saturated carbocycles. The standard InChI is InChI=1S/C21H22ClN5O3/c1-25-9-8-16(17(25)12-4-6-14(22)7-5-12)24-19(28)13-10-15-18(23-11-13)26(2)21(30)27(3)20(15)29/h4-7,10-11,16-17H,8-9H2,1-3H3,(H,24,28). The number of nitrogens with zero attached hydrogens (tertiary/aromatic N) is 4. The van der Waals surface area contributed by atoms with Gasteiger partial charge in [0.2, 0.25) is 0 Å². The summed E-state index contributed by atoms with van der Waals surface area (Å²) in [5.41, 5.74) is 0.666. The molecule has 1 fully saturated rings. The smallest absolute Gasteiger partial charge is 0.332 e. The lowest BCUT2D eigenvalue weighted by atomic mass is 10.00. The Morgan fingerprint density at radius 2 is 1.83 bits per heavy atom. The minimum Gasteiger partial charge on any atom is -0.347 e. The lowest BCUT2D eigenvalue weighted by molar-refractivity contribution is 0.0927. The van der Waals surface area contributed by atoms with Gasteiger partial charge in [0.15, 0.2) is 0 Å². The number of hydrogen-bond acceptors (Lipinski definition) is 5. The Morgan fingerprint density at radius 1 is 1.13 bits per heavy atom. The fourth-order valence-electron chi connectivity index (χ4n) is 4.09. The van der Waals surface area contributed by atoms with Gasteiger partial charge in [0.1, 0.15) is 5.65 Å². The van der Waals surface area contributed by atoms with Gasteiger partial charge in [0, 0.05) is 31.9 Å². The number of likely N-dealkylation sites (N-methyl/N-ethyl adjacent to an activating group) is 1. The summed E-state index contributed by atoms with van der Waals surface area (Å²) in [7, 11) is 4.97. The van der Waals surface area contributed by atoms with E-state index in [0.717, 1.165) is 23.1 Å². The predicted molar refractivity (Wildman–Crippen MR) is 115 cm³/mol. The van der Waals surface area contributed by atoms with Crippen molar-refractivity contribution in [2.75, 3.05) is 13.6 Å². The molecule has 1 N–H and O–H groups in total. The van der Waals surface area contributed by atoms with Gasteiger partial charge in [0.25, 0.3) is 11.5 Å². The van der Waals surface area contributed by atoms with Crippen molar-refractivity contribution in [2.24, 2.45) is 14.1 Å². The molecule has 2 unspecified atom stereocenters. The van der Waals surface area contributed by atoms with Crippen LogP contribution in [0.4, 0.5) is 0 Å². The minimum atomic E-state index is -0.477. The maximum atomic E-state index is 13.0. The second-order valence-corrected chi connectivity index (χ2v) is 8.08. The molecule has 4 rings (SSSR count). The fraction of sp³-hybridized carbons (Fsp3) is 0.333. The monoisotopic (exact) mass is 427 g/mol. The summed E-state index contributed by atoms with van der Waals surface area (Å²) >= 11 is 6.01. The van der Waals surface area contributed by atoms with Crippen molar-refractivity contribution in [3.8, 4) is 0 Å². The van der Waals surface area contributed by atoms with Crippen LogP contribution in [0.5, 0.6) is 0 Å². The zero-order valence-electron chi connectivity index (χ0n) is 16.9. The third-order valence-electron chi connectivity index (χ3n) is 5.73. The number of pyridine rings is 1. The molecule has 9 heteroatoms. The summed E-state index contributed by atoms with van der Waals surface area (Å²) in [6, 6.07) is 9.04. The summed E-state index contributed by atoms with van der Waals surface area (Å²) in [6.07, 6.45) is 2.19. The third kappa shape index (κ3) is 3.42. The number of carbonyl (C=O) groups is 1. The lowest BCUT2D eigenvalue weighted by Gasteiger charge is -2.26. The van der Waals surface area contributed by atoms with Crippen molar-refractivity contribution >= 4 is 28.5 Å². The zero-order chi connectivity index (χ0) is 21.6. The minimum absolute atomic E-state index is 0.0216. The van der Waals surface area contributed by atoms with Crippen molar-refractivity contribution in [1.29, 1.82) is 0 Å². The van der Waals surface area contributed by atoms with Crippen LogP contribution in [0.25, 0.3) is 11.0 Å². The van der Waals surface area contributed by atoms with E-state index < -0.39 is 11.2 Å². The number of fused-ring (bicyclic) bond motifs is 1. The van der Waals surface area contributed by atoms with Crippen LogP contribution in [0.2, 0.25) is 5.02 Å². The maximum absolute atomic E-state index is 13.0. The molecule has 3 aromatic rings. The predicted octanol–water partition coefficient (Wildman–Crippen LogP) is 1.46. The van der Waals surface area contributed by atoms with E-state index in [4.69, 9.17) is 11.6 Å². The van der Waals surface area contributed by atoms with Crippen LogP contribution in [0.15, 0.2) is 46.1 Å². The molecule has 0 bridgehead atoms. The molecule has 8 nitrogen and oxygen atoms in total. The molecular weight excluding hydrogens is 406 g/mol. The van der Waals surface area contributed by atoms with Crippen LogP contribution in [-0.4, -0.2) is 44.6 Å². The first kappa shape index (κ1) is 20.3. The molecule has 2 atom stereocenters. The van der Waals surface area contributed by atoms with E-state index in [0.29, 0.717) is 5.02 Å². The van der Waals surface area contributed by atoms with Crippen molar-refractivity contribution in [2.45, 2.75) is 18.5 Å². The van der Waals surface area contributed by atoms with Gasteiger partial charge in [-0.1, -0.05) is 23.7 Å². The third-order valence-corrected chi connectivity index (χ3v) is 5.98. The summed E-state index contributed by atoms with van der Waals surface area (Å²) in [4.78, 5) is 43.9. The van der Waals surface area contributed by atoms with E-state index in [1.54, 1.807) is 7.05 Å². The van der Waals surface area contributed by atoms with Crippen molar-refractivity contribution in [3.63, 3.8) is 0 Å². The van der Waals surface area contributed by atoms with Crippen LogP contribution < -0.4 is 16.6 Å². The molecule has 1 aliphatic rings. The van der Waals surface area contributed by atoms with E-state index in [1.807, 2.05) is 31.3 Å². The van der Waals surface area contributed by atoms with Crippen molar-refractivity contribution in [1.82, 2.24) is 24.3 Å². The number of hydrogen-bond donors (Lipinski definition) is 1. The Kier molecular flexibility index (Phi) is 5.21. The summed E-state index contributed by atoms with van der Waals surface area (Å²) in [6.45, 7) is 0.844. The van der Waals surface area contributed by atoms with Crippen LogP contribution in [0.1, 0.15) is 28.4 Å². The number of amides is 1. The zero-order valence-corrected chi connectivity index (χ0v) is 17.7. The highest BCUT2D eigenvalue weighted by atomic mass is 35.5. The van der Waals surface area contributed by atoms with E-state index >= 15 is 0 Å². The van der Waals surface area contributed by atoms with Crippen molar-refractivity contribution < 1.29 is 4.79 Å². The molecule has 1 amide bonds. The van der Waals surface area contributed by atoms with Gasteiger partial charge in [-0.15, -0.1) is 0 Å². The van der Waals surface area contributed by atoms with E-state index in [9.17, 15) is 14.4 Å². The molecule has 156 valence electrons. The Labute approximate surface area is 177 Å². The highest BCUT2D eigenvalue weighted by Gasteiger charge is 2.34. The number of halogens is 1.